The van der Waals surface area contributed by atoms with E-state index >= 15 is 0 Å². The molecule has 0 spiro atoms. The van der Waals surface area contributed by atoms with Crippen LogP contribution in [0.25, 0.3) is 39.6 Å². The molecule has 0 aliphatic carbocycles. The van der Waals surface area contributed by atoms with Gasteiger partial charge in [-0.25, -0.2) is 0 Å². The molecule has 0 N–H and O–H groups in total. The largest absolute Gasteiger partial charge is 0.275 e. The van der Waals surface area contributed by atoms with Crippen molar-refractivity contribution in [2.75, 3.05) is 0 Å². The van der Waals surface area contributed by atoms with Gasteiger partial charge in [0.1, 0.15) is 0 Å². The molecule has 0 unspecified atom stereocenters. The second-order valence-electron chi connectivity index (χ2n) is 6.97. The average molecular weight is 408 g/mol. The summed E-state index contributed by atoms with van der Waals surface area (Å²) in [5.74, 6) is 1.57. The molecule has 0 radical (unpaired) electrons. The normalized spacial score (nSPS) is 10.8. The van der Waals surface area contributed by atoms with Crippen molar-refractivity contribution in [1.29, 1.82) is 0 Å². The molecule has 0 aliphatic heterocycles. The second kappa shape index (κ2) is 7.97. The van der Waals surface area contributed by atoms with Gasteiger partial charge in [-0.3, -0.25) is 4.57 Å². The van der Waals surface area contributed by atoms with Gasteiger partial charge in [-0.2, -0.15) is 0 Å². The molecule has 5 rings (SSSR count). The van der Waals surface area contributed by atoms with Crippen LogP contribution in [0.2, 0.25) is 5.02 Å². The Morgan fingerprint density at radius 2 is 0.900 bits per heavy atom. The molecular formula is C26H18ClN3. The van der Waals surface area contributed by atoms with E-state index in [-0.39, 0.29) is 0 Å². The summed E-state index contributed by atoms with van der Waals surface area (Å²) in [4.78, 5) is 0. The summed E-state index contributed by atoms with van der Waals surface area (Å²) >= 11 is 6.08. The molecule has 0 saturated carbocycles. The number of para-hydroxylation sites is 1. The van der Waals surface area contributed by atoms with E-state index in [2.05, 4.69) is 63.3 Å². The van der Waals surface area contributed by atoms with Crippen molar-refractivity contribution >= 4 is 11.6 Å². The molecule has 0 aliphatic rings. The third kappa shape index (κ3) is 3.51. The summed E-state index contributed by atoms with van der Waals surface area (Å²) in [6.07, 6.45) is 0. The van der Waals surface area contributed by atoms with Crippen LogP contribution >= 0.6 is 11.6 Å². The van der Waals surface area contributed by atoms with Gasteiger partial charge in [-0.1, -0.05) is 84.4 Å². The first-order valence-corrected chi connectivity index (χ1v) is 10.1. The van der Waals surface area contributed by atoms with Crippen LogP contribution in [0.5, 0.6) is 0 Å². The Labute approximate surface area is 180 Å². The minimum absolute atomic E-state index is 0.696. The number of rotatable bonds is 4. The first-order chi connectivity index (χ1) is 14.8. The molecular weight excluding hydrogens is 390 g/mol. The van der Waals surface area contributed by atoms with Crippen molar-refractivity contribution in [3.8, 4) is 39.6 Å². The molecule has 1 aromatic heterocycles. The molecule has 4 heteroatoms. The lowest BCUT2D eigenvalue weighted by Crippen LogP contribution is -2.00. The van der Waals surface area contributed by atoms with Crippen LogP contribution in [-0.2, 0) is 0 Å². The molecule has 0 bridgehead atoms. The Kier molecular flexibility index (Phi) is 4.88. The highest BCUT2D eigenvalue weighted by atomic mass is 35.5. The predicted molar refractivity (Wildman–Crippen MR) is 123 cm³/mol. The van der Waals surface area contributed by atoms with E-state index in [0.29, 0.717) is 5.02 Å². The third-order valence-corrected chi connectivity index (χ3v) is 5.28. The molecule has 1 heterocycles. The van der Waals surface area contributed by atoms with Gasteiger partial charge in [0.15, 0.2) is 11.6 Å². The maximum atomic E-state index is 6.08. The van der Waals surface area contributed by atoms with E-state index in [4.69, 9.17) is 11.6 Å². The SMILES string of the molecule is Clc1ccc(-c2nnc(-c3ccc(-c4ccccc4)cc3)n2-c2ccccc2)cc1. The zero-order valence-electron chi connectivity index (χ0n) is 16.1. The van der Waals surface area contributed by atoms with Gasteiger partial charge in [0.2, 0.25) is 0 Å². The molecule has 144 valence electrons. The van der Waals surface area contributed by atoms with Crippen molar-refractivity contribution in [3.63, 3.8) is 0 Å². The van der Waals surface area contributed by atoms with E-state index < -0.39 is 0 Å². The molecule has 0 saturated heterocycles. The zero-order valence-corrected chi connectivity index (χ0v) is 16.9. The third-order valence-electron chi connectivity index (χ3n) is 5.03. The quantitative estimate of drug-likeness (QED) is 0.323. The summed E-state index contributed by atoms with van der Waals surface area (Å²) in [5.41, 5.74) is 5.34. The number of hydrogen-bond acceptors (Lipinski definition) is 2. The van der Waals surface area contributed by atoms with E-state index in [1.807, 2.05) is 60.7 Å². The first kappa shape index (κ1) is 18.3. The van der Waals surface area contributed by atoms with Gasteiger partial charge in [-0.05, 0) is 47.5 Å². The van der Waals surface area contributed by atoms with E-state index in [0.717, 1.165) is 28.5 Å². The van der Waals surface area contributed by atoms with Crippen LogP contribution in [0.4, 0.5) is 0 Å². The van der Waals surface area contributed by atoms with E-state index in [9.17, 15) is 0 Å². The maximum Gasteiger partial charge on any atom is 0.168 e. The van der Waals surface area contributed by atoms with E-state index in [1.54, 1.807) is 0 Å². The Balaban J connectivity index is 1.63. The second-order valence-corrected chi connectivity index (χ2v) is 7.40. The van der Waals surface area contributed by atoms with Crippen molar-refractivity contribution in [2.45, 2.75) is 0 Å². The van der Waals surface area contributed by atoms with Crippen molar-refractivity contribution in [1.82, 2.24) is 14.8 Å². The number of hydrogen-bond donors (Lipinski definition) is 0. The number of halogens is 1. The smallest absolute Gasteiger partial charge is 0.168 e. The topological polar surface area (TPSA) is 30.7 Å². The van der Waals surface area contributed by atoms with Crippen molar-refractivity contribution in [3.05, 3.63) is 114 Å². The van der Waals surface area contributed by atoms with Gasteiger partial charge in [0.05, 0.1) is 0 Å². The predicted octanol–water partition coefficient (Wildman–Crippen LogP) is 6.92. The monoisotopic (exact) mass is 407 g/mol. The summed E-state index contributed by atoms with van der Waals surface area (Å²) in [6.45, 7) is 0. The lowest BCUT2D eigenvalue weighted by Gasteiger charge is -2.11. The van der Waals surface area contributed by atoms with E-state index in [1.165, 1.54) is 11.1 Å². The highest BCUT2D eigenvalue weighted by Gasteiger charge is 2.17. The molecule has 4 aromatic carbocycles. The standard InChI is InChI=1S/C26H18ClN3/c27-23-17-15-22(16-18-23)26-29-28-25(30(26)24-9-5-2-6-10-24)21-13-11-20(12-14-21)19-7-3-1-4-8-19/h1-18H. The lowest BCUT2D eigenvalue weighted by atomic mass is 10.0. The highest BCUT2D eigenvalue weighted by molar-refractivity contribution is 6.30. The molecule has 0 fully saturated rings. The van der Waals surface area contributed by atoms with Crippen molar-refractivity contribution in [2.24, 2.45) is 0 Å². The number of benzene rings is 4. The molecule has 30 heavy (non-hydrogen) atoms. The lowest BCUT2D eigenvalue weighted by molar-refractivity contribution is 1.07. The summed E-state index contributed by atoms with van der Waals surface area (Å²) < 4.78 is 2.08. The summed E-state index contributed by atoms with van der Waals surface area (Å²) in [6, 6.07) is 36.6. The molecule has 0 amide bonds. The van der Waals surface area contributed by atoms with Crippen LogP contribution in [0.3, 0.4) is 0 Å². The van der Waals surface area contributed by atoms with Crippen LogP contribution in [0, 0.1) is 0 Å². The van der Waals surface area contributed by atoms with Crippen LogP contribution in [0.1, 0.15) is 0 Å². The fourth-order valence-electron chi connectivity index (χ4n) is 3.52. The summed E-state index contributed by atoms with van der Waals surface area (Å²) in [5, 5.41) is 9.76. The fraction of sp³-hybridized carbons (Fsp3) is 0. The van der Waals surface area contributed by atoms with Crippen molar-refractivity contribution < 1.29 is 0 Å². The van der Waals surface area contributed by atoms with Gasteiger partial charge >= 0.3 is 0 Å². The Bertz CT molecular complexity index is 1260. The van der Waals surface area contributed by atoms with Gasteiger partial charge in [-0.15, -0.1) is 10.2 Å². The minimum atomic E-state index is 0.696. The van der Waals surface area contributed by atoms with Gasteiger partial charge in [0, 0.05) is 21.8 Å². The highest BCUT2D eigenvalue weighted by Crippen LogP contribution is 2.30. The van der Waals surface area contributed by atoms with Crippen LogP contribution in [0.15, 0.2) is 109 Å². The van der Waals surface area contributed by atoms with Crippen LogP contribution in [-0.4, -0.2) is 14.8 Å². The fourth-order valence-corrected chi connectivity index (χ4v) is 3.65. The minimum Gasteiger partial charge on any atom is -0.275 e. The maximum absolute atomic E-state index is 6.08. The Morgan fingerprint density at radius 3 is 1.47 bits per heavy atom. The van der Waals surface area contributed by atoms with Gasteiger partial charge in [0.25, 0.3) is 0 Å². The first-order valence-electron chi connectivity index (χ1n) is 9.72. The molecule has 5 aromatic rings. The number of aromatic nitrogens is 3. The van der Waals surface area contributed by atoms with Gasteiger partial charge < -0.3 is 0 Å². The number of nitrogens with zero attached hydrogens (tertiary/aromatic N) is 3. The average Bonchev–Trinajstić information content (AvgIpc) is 3.26. The Hall–Kier alpha value is -3.69. The Morgan fingerprint density at radius 1 is 0.467 bits per heavy atom. The molecule has 3 nitrogen and oxygen atoms in total. The summed E-state index contributed by atoms with van der Waals surface area (Å²) in [7, 11) is 0. The van der Waals surface area contributed by atoms with Crippen LogP contribution < -0.4 is 0 Å². The molecule has 0 atom stereocenters. The zero-order chi connectivity index (χ0) is 20.3.